The first-order valence-corrected chi connectivity index (χ1v) is 8.79. The number of rotatable bonds is 10. The van der Waals surface area contributed by atoms with E-state index in [1.54, 1.807) is 23.1 Å². The minimum Gasteiger partial charge on any atom is -0.350 e. The van der Waals surface area contributed by atoms with Crippen LogP contribution in [-0.2, 0) is 16.1 Å². The number of carbonyl (C=O) groups is 3. The second kappa shape index (κ2) is 10.1. The number of unbranched alkanes of at least 4 members (excludes halogenated alkanes) is 1. The number of benzene rings is 2. The molecule has 0 aliphatic carbocycles. The van der Waals surface area contributed by atoms with Crippen molar-refractivity contribution in [3.8, 4) is 0 Å². The Balaban J connectivity index is 2.14. The van der Waals surface area contributed by atoms with E-state index in [9.17, 15) is 14.4 Å². The van der Waals surface area contributed by atoms with Crippen LogP contribution in [-0.4, -0.2) is 36.1 Å². The molecule has 2 amide bonds. The summed E-state index contributed by atoms with van der Waals surface area (Å²) < 4.78 is 0. The molecule has 5 nitrogen and oxygen atoms in total. The van der Waals surface area contributed by atoms with Crippen LogP contribution in [0.25, 0.3) is 0 Å². The molecule has 0 atom stereocenters. The van der Waals surface area contributed by atoms with Crippen molar-refractivity contribution in [1.82, 2.24) is 10.2 Å². The molecular weight excluding hydrogens is 328 g/mol. The molecule has 26 heavy (non-hydrogen) atoms. The van der Waals surface area contributed by atoms with Gasteiger partial charge in [0.2, 0.25) is 12.3 Å². The molecule has 5 heteroatoms. The van der Waals surface area contributed by atoms with E-state index >= 15 is 0 Å². The van der Waals surface area contributed by atoms with Gasteiger partial charge in [0, 0.05) is 24.2 Å². The predicted molar refractivity (Wildman–Crippen MR) is 101 cm³/mol. The maximum atomic E-state index is 12.6. The normalized spacial score (nSPS) is 10.2. The van der Waals surface area contributed by atoms with Gasteiger partial charge in [-0.15, -0.1) is 0 Å². The molecule has 2 aromatic rings. The van der Waals surface area contributed by atoms with Crippen molar-refractivity contribution >= 4 is 18.1 Å². The van der Waals surface area contributed by atoms with E-state index in [-0.39, 0.29) is 18.2 Å². The van der Waals surface area contributed by atoms with Gasteiger partial charge in [0.1, 0.15) is 0 Å². The van der Waals surface area contributed by atoms with Crippen molar-refractivity contribution in [3.05, 3.63) is 71.3 Å². The highest BCUT2D eigenvalue weighted by molar-refractivity contribution is 6.09. The number of carbonyl (C=O) groups excluding carboxylic acids is 3. The molecule has 0 aromatic heterocycles. The van der Waals surface area contributed by atoms with Gasteiger partial charge in [-0.3, -0.25) is 14.4 Å². The molecule has 2 rings (SSSR count). The Morgan fingerprint density at radius 1 is 1.04 bits per heavy atom. The lowest BCUT2D eigenvalue weighted by molar-refractivity contribution is -0.132. The fraction of sp³-hybridized carbons (Fsp3) is 0.286. The van der Waals surface area contributed by atoms with Crippen LogP contribution in [0.1, 0.15) is 41.3 Å². The highest BCUT2D eigenvalue weighted by atomic mass is 16.2. The molecule has 0 aliphatic rings. The van der Waals surface area contributed by atoms with Gasteiger partial charge in [0.05, 0.1) is 6.54 Å². The monoisotopic (exact) mass is 352 g/mol. The molecule has 2 aromatic carbocycles. The molecule has 1 N–H and O–H groups in total. The quantitative estimate of drug-likeness (QED) is 0.528. The Labute approximate surface area is 154 Å². The summed E-state index contributed by atoms with van der Waals surface area (Å²) in [5.41, 5.74) is 2.13. The summed E-state index contributed by atoms with van der Waals surface area (Å²) in [6.45, 7) is 3.07. The van der Waals surface area contributed by atoms with Crippen molar-refractivity contribution in [2.75, 3.05) is 13.1 Å². The van der Waals surface area contributed by atoms with Gasteiger partial charge in [-0.2, -0.15) is 0 Å². The van der Waals surface area contributed by atoms with E-state index in [2.05, 4.69) is 12.2 Å². The molecule has 0 aliphatic heterocycles. The lowest BCUT2D eigenvalue weighted by Gasteiger charge is -2.23. The van der Waals surface area contributed by atoms with Gasteiger partial charge >= 0.3 is 0 Å². The maximum absolute atomic E-state index is 12.6. The summed E-state index contributed by atoms with van der Waals surface area (Å²) in [5.74, 6) is -0.174. The molecule has 0 radical (unpaired) electrons. The number of hydrogen-bond donors (Lipinski definition) is 1. The van der Waals surface area contributed by atoms with Crippen LogP contribution in [0, 0.1) is 0 Å². The molecule has 0 unspecified atom stereocenters. The lowest BCUT2D eigenvalue weighted by Crippen LogP contribution is -2.38. The highest BCUT2D eigenvalue weighted by Gasteiger charge is 2.15. The van der Waals surface area contributed by atoms with Gasteiger partial charge in [0.25, 0.3) is 0 Å². The molecular formula is C21H24N2O3. The average molecular weight is 352 g/mol. The van der Waals surface area contributed by atoms with E-state index in [1.807, 2.05) is 36.4 Å². The number of hydrogen-bond acceptors (Lipinski definition) is 3. The summed E-state index contributed by atoms with van der Waals surface area (Å²) in [5, 5.41) is 2.42. The summed E-state index contributed by atoms with van der Waals surface area (Å²) >= 11 is 0. The Morgan fingerprint density at radius 2 is 1.77 bits per heavy atom. The second-order valence-corrected chi connectivity index (χ2v) is 6.06. The number of ketones is 1. The second-order valence-electron chi connectivity index (χ2n) is 6.06. The predicted octanol–water partition coefficient (Wildman–Crippen LogP) is 2.79. The average Bonchev–Trinajstić information content (AvgIpc) is 2.69. The molecule has 0 heterocycles. The van der Waals surface area contributed by atoms with Gasteiger partial charge in [-0.1, -0.05) is 61.9 Å². The molecule has 0 spiro atoms. The van der Waals surface area contributed by atoms with Gasteiger partial charge < -0.3 is 10.2 Å². The van der Waals surface area contributed by atoms with Crippen molar-refractivity contribution in [2.24, 2.45) is 0 Å². The van der Waals surface area contributed by atoms with Crippen molar-refractivity contribution in [1.29, 1.82) is 0 Å². The Morgan fingerprint density at radius 3 is 2.46 bits per heavy atom. The summed E-state index contributed by atoms with van der Waals surface area (Å²) in [4.78, 5) is 37.0. The fourth-order valence-electron chi connectivity index (χ4n) is 2.67. The lowest BCUT2D eigenvalue weighted by atomic mass is 10.0. The zero-order chi connectivity index (χ0) is 18.8. The van der Waals surface area contributed by atoms with Crippen molar-refractivity contribution < 1.29 is 14.4 Å². The first-order valence-electron chi connectivity index (χ1n) is 8.79. The first kappa shape index (κ1) is 19.4. The van der Waals surface area contributed by atoms with E-state index in [0.29, 0.717) is 30.6 Å². The van der Waals surface area contributed by atoms with E-state index in [1.165, 1.54) is 0 Å². The largest absolute Gasteiger partial charge is 0.350 e. The van der Waals surface area contributed by atoms with Crippen LogP contribution in [0.5, 0.6) is 0 Å². The summed E-state index contributed by atoms with van der Waals surface area (Å²) in [6.07, 6.45) is 2.38. The Kier molecular flexibility index (Phi) is 7.55. The number of amides is 2. The highest BCUT2D eigenvalue weighted by Crippen LogP contribution is 2.14. The van der Waals surface area contributed by atoms with Crippen LogP contribution in [0.15, 0.2) is 54.6 Å². The number of nitrogens with one attached hydrogen (secondary N) is 1. The molecule has 0 saturated heterocycles. The third-order valence-electron chi connectivity index (χ3n) is 4.07. The maximum Gasteiger partial charge on any atom is 0.242 e. The molecule has 0 fully saturated rings. The van der Waals surface area contributed by atoms with Gasteiger partial charge in [-0.05, 0) is 18.1 Å². The third-order valence-corrected chi connectivity index (χ3v) is 4.07. The molecule has 0 saturated carbocycles. The number of nitrogens with zero attached hydrogens (tertiary/aromatic N) is 1. The Bertz CT molecular complexity index is 744. The van der Waals surface area contributed by atoms with Crippen LogP contribution >= 0.6 is 0 Å². The Hall–Kier alpha value is -2.95. The van der Waals surface area contributed by atoms with Gasteiger partial charge in [-0.25, -0.2) is 0 Å². The minimum absolute atomic E-state index is 0.0180. The van der Waals surface area contributed by atoms with Crippen LogP contribution in [0.2, 0.25) is 0 Å². The SMILES string of the molecule is CCCCN(Cc1cccc(C(=O)c2ccccc2)c1)C(=O)CNC=O. The van der Waals surface area contributed by atoms with E-state index in [0.717, 1.165) is 18.4 Å². The van der Waals surface area contributed by atoms with Gasteiger partial charge in [0.15, 0.2) is 5.78 Å². The zero-order valence-electron chi connectivity index (χ0n) is 15.0. The molecule has 0 bridgehead atoms. The van der Waals surface area contributed by atoms with Crippen molar-refractivity contribution in [3.63, 3.8) is 0 Å². The minimum atomic E-state index is -0.134. The first-order chi connectivity index (χ1) is 12.7. The summed E-state index contributed by atoms with van der Waals surface area (Å²) in [6, 6.07) is 16.5. The van der Waals surface area contributed by atoms with E-state index < -0.39 is 0 Å². The molecule has 136 valence electrons. The zero-order valence-corrected chi connectivity index (χ0v) is 15.0. The fourth-order valence-corrected chi connectivity index (χ4v) is 2.67. The van der Waals surface area contributed by atoms with Crippen LogP contribution in [0.3, 0.4) is 0 Å². The van der Waals surface area contributed by atoms with Crippen LogP contribution < -0.4 is 5.32 Å². The van der Waals surface area contributed by atoms with E-state index in [4.69, 9.17) is 0 Å². The summed E-state index contributed by atoms with van der Waals surface area (Å²) in [7, 11) is 0. The smallest absolute Gasteiger partial charge is 0.242 e. The third kappa shape index (κ3) is 5.55. The van der Waals surface area contributed by atoms with Crippen LogP contribution in [0.4, 0.5) is 0 Å². The standard InChI is InChI=1S/C21H24N2O3/c1-2-3-12-23(20(25)14-22-16-24)15-17-8-7-11-19(13-17)21(26)18-9-5-4-6-10-18/h4-11,13,16H,2-3,12,14-15H2,1H3,(H,22,24). The topological polar surface area (TPSA) is 66.5 Å². The van der Waals surface area contributed by atoms with Crippen molar-refractivity contribution in [2.45, 2.75) is 26.3 Å².